The van der Waals surface area contributed by atoms with E-state index in [1.54, 1.807) is 19.2 Å². The van der Waals surface area contributed by atoms with Crippen LogP contribution in [0.1, 0.15) is 0 Å². The predicted octanol–water partition coefficient (Wildman–Crippen LogP) is 1.23. The van der Waals surface area contributed by atoms with E-state index in [9.17, 15) is 4.79 Å². The van der Waals surface area contributed by atoms with E-state index >= 15 is 0 Å². The fraction of sp³-hybridized carbons (Fsp3) is 0.100. The minimum absolute atomic E-state index is 0.382. The fourth-order valence-electron chi connectivity index (χ4n) is 1.68. The van der Waals surface area contributed by atoms with Crippen LogP contribution >= 0.6 is 11.7 Å². The van der Waals surface area contributed by atoms with Crippen molar-refractivity contribution in [3.05, 3.63) is 28.7 Å². The molecule has 0 amide bonds. The monoisotopic (exact) mass is 248 g/mol. The lowest BCUT2D eigenvalue weighted by Crippen LogP contribution is -2.08. The Balaban J connectivity index is 2.27. The molecular weight excluding hydrogens is 240 g/mol. The molecule has 0 fully saturated rings. The first-order valence-corrected chi connectivity index (χ1v) is 5.58. The van der Waals surface area contributed by atoms with Crippen LogP contribution in [-0.2, 0) is 7.05 Å². The van der Waals surface area contributed by atoms with Gasteiger partial charge in [0.25, 0.3) is 0 Å². The van der Waals surface area contributed by atoms with E-state index < -0.39 is 0 Å². The highest BCUT2D eigenvalue weighted by molar-refractivity contribution is 6.99. The van der Waals surface area contributed by atoms with Gasteiger partial charge in [-0.3, -0.25) is 4.57 Å². The third-order valence-corrected chi connectivity index (χ3v) is 3.12. The van der Waals surface area contributed by atoms with Gasteiger partial charge < -0.3 is 10.2 Å². The van der Waals surface area contributed by atoms with Gasteiger partial charge in [-0.25, -0.2) is 4.79 Å². The number of nitrogens with zero attached hydrogens (tertiary/aromatic N) is 3. The molecule has 0 saturated carbocycles. The summed E-state index contributed by atoms with van der Waals surface area (Å²) in [5, 5.41) is 0. The molecule has 3 rings (SSSR count). The Morgan fingerprint density at radius 1 is 1.41 bits per heavy atom. The topological polar surface area (TPSA) is 86.9 Å². The molecule has 0 unspecified atom stereocenters. The molecular formula is C10H8N4O2S. The van der Waals surface area contributed by atoms with Crippen molar-refractivity contribution in [3.63, 3.8) is 0 Å². The van der Waals surface area contributed by atoms with Crippen molar-refractivity contribution in [1.82, 2.24) is 13.3 Å². The Morgan fingerprint density at radius 3 is 2.94 bits per heavy atom. The molecule has 0 aliphatic heterocycles. The standard InChI is InChI=1S/C10H8N4O2S/c1-14-6-3-2-5(4-7(6)16-10(14)15)8-9(11)13-17-12-8/h2-4H,1H3,(H2,11,13). The van der Waals surface area contributed by atoms with E-state index in [-0.39, 0.29) is 5.76 Å². The molecule has 3 aromatic rings. The number of hydrogen-bond donors (Lipinski definition) is 1. The number of nitrogen functional groups attached to an aromatic ring is 1. The maximum atomic E-state index is 11.3. The molecule has 0 aliphatic rings. The average Bonchev–Trinajstić information content (AvgIpc) is 2.84. The van der Waals surface area contributed by atoms with Crippen LogP contribution in [0.2, 0.25) is 0 Å². The first-order chi connectivity index (χ1) is 8.16. The highest BCUT2D eigenvalue weighted by Crippen LogP contribution is 2.26. The third kappa shape index (κ3) is 1.43. The van der Waals surface area contributed by atoms with Gasteiger partial charge in [0.1, 0.15) is 5.69 Å². The average molecular weight is 248 g/mol. The van der Waals surface area contributed by atoms with Crippen molar-refractivity contribution in [1.29, 1.82) is 0 Å². The van der Waals surface area contributed by atoms with Crippen LogP contribution in [0.3, 0.4) is 0 Å². The lowest BCUT2D eigenvalue weighted by molar-refractivity contribution is 0.528. The SMILES string of the molecule is Cn1c(=O)oc2cc(-c3nsnc3N)ccc21. The number of aromatic nitrogens is 3. The number of benzene rings is 1. The number of aryl methyl sites for hydroxylation is 1. The van der Waals surface area contributed by atoms with Crippen molar-refractivity contribution in [2.75, 3.05) is 5.73 Å². The van der Waals surface area contributed by atoms with Crippen LogP contribution in [0.5, 0.6) is 0 Å². The minimum Gasteiger partial charge on any atom is -0.408 e. The van der Waals surface area contributed by atoms with Gasteiger partial charge in [-0.2, -0.15) is 8.75 Å². The largest absolute Gasteiger partial charge is 0.419 e. The van der Waals surface area contributed by atoms with Crippen molar-refractivity contribution in [2.45, 2.75) is 0 Å². The van der Waals surface area contributed by atoms with Gasteiger partial charge in [0.15, 0.2) is 11.4 Å². The highest BCUT2D eigenvalue weighted by Gasteiger charge is 2.11. The van der Waals surface area contributed by atoms with Crippen molar-refractivity contribution >= 4 is 28.6 Å². The lowest BCUT2D eigenvalue weighted by Gasteiger charge is -1.97. The number of hydrogen-bond acceptors (Lipinski definition) is 6. The Morgan fingerprint density at radius 2 is 2.24 bits per heavy atom. The number of oxazole rings is 1. The zero-order chi connectivity index (χ0) is 12.0. The molecule has 7 heteroatoms. The van der Waals surface area contributed by atoms with Crippen LogP contribution in [0, 0.1) is 0 Å². The van der Waals surface area contributed by atoms with Gasteiger partial charge >= 0.3 is 5.76 Å². The second-order valence-corrected chi connectivity index (χ2v) is 4.14. The summed E-state index contributed by atoms with van der Waals surface area (Å²) in [5.41, 5.74) is 8.35. The summed E-state index contributed by atoms with van der Waals surface area (Å²) >= 11 is 1.05. The zero-order valence-corrected chi connectivity index (χ0v) is 9.69. The number of anilines is 1. The number of rotatable bonds is 1. The van der Waals surface area contributed by atoms with Crippen molar-refractivity contribution < 1.29 is 4.42 Å². The molecule has 17 heavy (non-hydrogen) atoms. The van der Waals surface area contributed by atoms with Crippen LogP contribution in [0.25, 0.3) is 22.4 Å². The second-order valence-electron chi connectivity index (χ2n) is 3.61. The minimum atomic E-state index is -0.387. The van der Waals surface area contributed by atoms with Gasteiger partial charge in [0.05, 0.1) is 17.2 Å². The maximum absolute atomic E-state index is 11.3. The van der Waals surface area contributed by atoms with Crippen LogP contribution < -0.4 is 11.5 Å². The predicted molar refractivity (Wildman–Crippen MR) is 64.8 cm³/mol. The molecule has 2 N–H and O–H groups in total. The maximum Gasteiger partial charge on any atom is 0.419 e. The van der Waals surface area contributed by atoms with Crippen LogP contribution in [0.4, 0.5) is 5.82 Å². The van der Waals surface area contributed by atoms with E-state index in [4.69, 9.17) is 10.2 Å². The first-order valence-electron chi connectivity index (χ1n) is 4.85. The quantitative estimate of drug-likeness (QED) is 0.700. The molecule has 0 saturated heterocycles. The summed E-state index contributed by atoms with van der Waals surface area (Å²) in [5.74, 6) is -0.00541. The Kier molecular flexibility index (Phi) is 2.02. The summed E-state index contributed by atoms with van der Waals surface area (Å²) in [6.45, 7) is 0. The normalized spacial score (nSPS) is 11.1. The lowest BCUT2D eigenvalue weighted by atomic mass is 10.1. The fourth-order valence-corrected chi connectivity index (χ4v) is 2.17. The van der Waals surface area contributed by atoms with Crippen molar-refractivity contribution in [3.8, 4) is 11.3 Å². The molecule has 0 spiro atoms. The molecule has 86 valence electrons. The molecule has 2 heterocycles. The van der Waals surface area contributed by atoms with Crippen molar-refractivity contribution in [2.24, 2.45) is 7.05 Å². The number of fused-ring (bicyclic) bond motifs is 1. The molecule has 1 aromatic carbocycles. The van der Waals surface area contributed by atoms with Gasteiger partial charge in [-0.05, 0) is 12.1 Å². The Bertz CT molecular complexity index is 755. The van der Waals surface area contributed by atoms with Gasteiger partial charge in [-0.15, -0.1) is 0 Å². The van der Waals surface area contributed by atoms with E-state index in [2.05, 4.69) is 8.75 Å². The first kappa shape index (κ1) is 10.0. The summed E-state index contributed by atoms with van der Waals surface area (Å²) in [4.78, 5) is 11.3. The zero-order valence-electron chi connectivity index (χ0n) is 8.88. The van der Waals surface area contributed by atoms with Gasteiger partial charge in [-0.1, -0.05) is 6.07 Å². The molecule has 2 aromatic heterocycles. The third-order valence-electron chi connectivity index (χ3n) is 2.58. The van der Waals surface area contributed by atoms with Crippen LogP contribution in [-0.4, -0.2) is 13.3 Å². The van der Waals surface area contributed by atoms with E-state index in [0.29, 0.717) is 17.1 Å². The summed E-state index contributed by atoms with van der Waals surface area (Å²) in [6.07, 6.45) is 0. The van der Waals surface area contributed by atoms with E-state index in [1.807, 2.05) is 6.07 Å². The van der Waals surface area contributed by atoms with E-state index in [1.165, 1.54) is 4.57 Å². The van der Waals surface area contributed by atoms with E-state index in [0.717, 1.165) is 22.8 Å². The molecule has 6 nitrogen and oxygen atoms in total. The van der Waals surface area contributed by atoms with Gasteiger partial charge in [0.2, 0.25) is 0 Å². The smallest absolute Gasteiger partial charge is 0.408 e. The number of nitrogens with two attached hydrogens (primary N) is 1. The molecule has 0 aliphatic carbocycles. The molecule has 0 bridgehead atoms. The van der Waals surface area contributed by atoms with Gasteiger partial charge in [0, 0.05) is 12.6 Å². The Labute approximate surface area is 99.6 Å². The highest BCUT2D eigenvalue weighted by atomic mass is 32.1. The second kappa shape index (κ2) is 3.42. The Hall–Kier alpha value is -2.15. The summed E-state index contributed by atoms with van der Waals surface area (Å²) in [6, 6.07) is 5.38. The van der Waals surface area contributed by atoms with Crippen LogP contribution in [0.15, 0.2) is 27.4 Å². The molecule has 0 atom stereocenters. The summed E-state index contributed by atoms with van der Waals surface area (Å²) in [7, 11) is 1.66. The summed E-state index contributed by atoms with van der Waals surface area (Å²) < 4.78 is 14.6. The molecule has 0 radical (unpaired) electrons.